The van der Waals surface area contributed by atoms with Gasteiger partial charge in [0.25, 0.3) is 0 Å². The van der Waals surface area contributed by atoms with Gasteiger partial charge in [-0.3, -0.25) is 0 Å². The number of rotatable bonds is 19. The molecule has 0 nitrogen and oxygen atoms in total. The zero-order valence-electron chi connectivity index (χ0n) is 19.6. The fourth-order valence-corrected chi connectivity index (χ4v) is 11.8. The second-order valence-corrected chi connectivity index (χ2v) is 18.6. The highest BCUT2D eigenvalue weighted by molar-refractivity contribution is 7.75. The van der Waals surface area contributed by atoms with Gasteiger partial charge >= 0.3 is 0 Å². The van der Waals surface area contributed by atoms with Crippen LogP contribution in [0.25, 0.3) is 0 Å². The first-order valence-electron chi connectivity index (χ1n) is 12.1. The van der Waals surface area contributed by atoms with E-state index in [4.69, 9.17) is 0 Å². The molecule has 0 saturated heterocycles. The average molecular weight is 405 g/mol. The van der Waals surface area contributed by atoms with E-state index >= 15 is 0 Å². The summed E-state index contributed by atoms with van der Waals surface area (Å²) in [5.74, 6) is 0. The van der Waals surface area contributed by atoms with Gasteiger partial charge in [0.2, 0.25) is 0 Å². The van der Waals surface area contributed by atoms with Crippen molar-refractivity contribution >= 4 is 14.5 Å². The molecule has 0 saturated carbocycles. The third-order valence-corrected chi connectivity index (χ3v) is 14.7. The van der Waals surface area contributed by atoms with Crippen LogP contribution < -0.4 is 0 Å². The highest BCUT2D eigenvalue weighted by Crippen LogP contribution is 2.58. The zero-order chi connectivity index (χ0) is 19.7. The van der Waals surface area contributed by atoms with E-state index in [1.165, 1.54) is 77.0 Å². The van der Waals surface area contributed by atoms with Gasteiger partial charge in [0.15, 0.2) is 0 Å². The van der Waals surface area contributed by atoms with E-state index in [2.05, 4.69) is 41.0 Å². The van der Waals surface area contributed by atoms with Crippen LogP contribution in [-0.4, -0.2) is 50.3 Å². The lowest BCUT2D eigenvalue weighted by Crippen LogP contribution is -2.08. The van der Waals surface area contributed by atoms with Gasteiger partial charge in [0, 0.05) is 27.9 Å². The number of hydrogen-bond acceptors (Lipinski definition) is 0. The topological polar surface area (TPSA) is 0 Å². The summed E-state index contributed by atoms with van der Waals surface area (Å²) in [7, 11) is -1.21. The molecule has 158 valence electrons. The third-order valence-electron chi connectivity index (χ3n) is 6.35. The van der Waals surface area contributed by atoms with Gasteiger partial charge in [-0.05, 0) is 51.4 Å². The lowest BCUT2D eigenvalue weighted by Gasteiger charge is -2.24. The molecule has 0 spiro atoms. The Labute approximate surface area is 169 Å². The molecule has 0 aromatic rings. The second kappa shape index (κ2) is 16.8. The first-order chi connectivity index (χ1) is 12.4. The molecule has 0 amide bonds. The minimum atomic E-state index is -0.606. The summed E-state index contributed by atoms with van der Waals surface area (Å²) < 4.78 is 0. The van der Waals surface area contributed by atoms with Crippen molar-refractivity contribution in [2.75, 3.05) is 50.3 Å². The first kappa shape index (κ1) is 26.9. The van der Waals surface area contributed by atoms with Crippen LogP contribution in [0.15, 0.2) is 0 Å². The maximum absolute atomic E-state index is 2.69. The standard InChI is InChI=1S/C24H54P2/c1-7-11-19-25(5,20-12-8-2)23-17-15-16-18-24-26(6,21-13-9-3)22-14-10-4/h7-24H2,1-6H3/q+2. The molecule has 0 aliphatic carbocycles. The van der Waals surface area contributed by atoms with Crippen molar-refractivity contribution < 1.29 is 0 Å². The van der Waals surface area contributed by atoms with E-state index in [1.54, 1.807) is 37.0 Å². The Kier molecular flexibility index (Phi) is 17.3. The van der Waals surface area contributed by atoms with Crippen molar-refractivity contribution in [1.82, 2.24) is 0 Å². The van der Waals surface area contributed by atoms with Gasteiger partial charge < -0.3 is 0 Å². The molecule has 0 aliphatic rings. The molecule has 0 atom stereocenters. The molecule has 0 unspecified atom stereocenters. The summed E-state index contributed by atoms with van der Waals surface area (Å²) in [5, 5.41) is 0. The van der Waals surface area contributed by atoms with Crippen LogP contribution in [0.5, 0.6) is 0 Å². The number of unbranched alkanes of at least 4 members (excludes halogenated alkanes) is 7. The van der Waals surface area contributed by atoms with Gasteiger partial charge in [0.05, 0.1) is 37.0 Å². The highest BCUT2D eigenvalue weighted by atomic mass is 31.2. The van der Waals surface area contributed by atoms with E-state index in [9.17, 15) is 0 Å². The molecule has 0 rings (SSSR count). The molecule has 0 N–H and O–H groups in total. The lowest BCUT2D eigenvalue weighted by molar-refractivity contribution is 0.701. The molecule has 0 bridgehead atoms. The summed E-state index contributed by atoms with van der Waals surface area (Å²) in [5.41, 5.74) is 0. The molecule has 2 heteroatoms. The molecule has 0 aromatic heterocycles. The van der Waals surface area contributed by atoms with Crippen LogP contribution in [0, 0.1) is 0 Å². The summed E-state index contributed by atoms with van der Waals surface area (Å²) in [6.45, 7) is 14.8. The van der Waals surface area contributed by atoms with Gasteiger partial charge in [-0.25, -0.2) is 0 Å². The Morgan fingerprint density at radius 2 is 0.577 bits per heavy atom. The molecule has 0 fully saturated rings. The zero-order valence-corrected chi connectivity index (χ0v) is 21.4. The summed E-state index contributed by atoms with van der Waals surface area (Å²) in [6, 6.07) is 0. The van der Waals surface area contributed by atoms with Crippen LogP contribution >= 0.6 is 14.5 Å². The normalized spacial score (nSPS) is 12.7. The van der Waals surface area contributed by atoms with Crippen molar-refractivity contribution in [1.29, 1.82) is 0 Å². The molecular formula is C24H54P2+2. The maximum atomic E-state index is 2.69. The molecule has 0 radical (unpaired) electrons. The van der Waals surface area contributed by atoms with E-state index < -0.39 is 14.5 Å². The minimum Gasteiger partial charge on any atom is -0.0652 e. The SMILES string of the molecule is CCCC[P+](C)(CCCC)CCCCCC[P+](C)(CCCC)CCCC. The molecule has 0 aliphatic heterocycles. The van der Waals surface area contributed by atoms with Crippen LogP contribution in [0.1, 0.15) is 105 Å². The Morgan fingerprint density at radius 1 is 0.346 bits per heavy atom. The monoisotopic (exact) mass is 404 g/mol. The average Bonchev–Trinajstić information content (AvgIpc) is 2.64. The van der Waals surface area contributed by atoms with Crippen LogP contribution in [0.4, 0.5) is 0 Å². The van der Waals surface area contributed by atoms with Gasteiger partial charge in [-0.1, -0.05) is 53.4 Å². The van der Waals surface area contributed by atoms with E-state index in [0.29, 0.717) is 0 Å². The first-order valence-corrected chi connectivity index (χ1v) is 17.7. The summed E-state index contributed by atoms with van der Waals surface area (Å²) in [6.07, 6.45) is 27.0. The van der Waals surface area contributed by atoms with Crippen molar-refractivity contribution in [3.05, 3.63) is 0 Å². The largest absolute Gasteiger partial charge is 0.0652 e. The quantitative estimate of drug-likeness (QED) is 0.149. The van der Waals surface area contributed by atoms with Crippen LogP contribution in [-0.2, 0) is 0 Å². The second-order valence-electron chi connectivity index (χ2n) is 9.41. The fourth-order valence-electron chi connectivity index (χ4n) is 4.17. The van der Waals surface area contributed by atoms with Gasteiger partial charge in [-0.15, -0.1) is 0 Å². The van der Waals surface area contributed by atoms with Crippen molar-refractivity contribution in [2.45, 2.75) is 105 Å². The minimum absolute atomic E-state index is 0.606. The summed E-state index contributed by atoms with van der Waals surface area (Å²) in [4.78, 5) is 0. The Hall–Kier alpha value is 0.860. The summed E-state index contributed by atoms with van der Waals surface area (Å²) >= 11 is 0. The van der Waals surface area contributed by atoms with Crippen molar-refractivity contribution in [3.8, 4) is 0 Å². The van der Waals surface area contributed by atoms with Crippen molar-refractivity contribution in [3.63, 3.8) is 0 Å². The Balaban J connectivity index is 4.11. The third kappa shape index (κ3) is 13.9. The van der Waals surface area contributed by atoms with Crippen LogP contribution in [0.2, 0.25) is 0 Å². The lowest BCUT2D eigenvalue weighted by atomic mass is 10.2. The van der Waals surface area contributed by atoms with Crippen LogP contribution in [0.3, 0.4) is 0 Å². The molecule has 26 heavy (non-hydrogen) atoms. The molecule has 0 heterocycles. The predicted molar refractivity (Wildman–Crippen MR) is 133 cm³/mol. The highest BCUT2D eigenvalue weighted by Gasteiger charge is 2.30. The predicted octanol–water partition coefficient (Wildman–Crippen LogP) is 9.04. The van der Waals surface area contributed by atoms with E-state index in [-0.39, 0.29) is 0 Å². The van der Waals surface area contributed by atoms with Crippen molar-refractivity contribution in [2.24, 2.45) is 0 Å². The number of hydrogen-bond donors (Lipinski definition) is 0. The fraction of sp³-hybridized carbons (Fsp3) is 1.00. The van der Waals surface area contributed by atoms with E-state index in [1.807, 2.05) is 0 Å². The van der Waals surface area contributed by atoms with Gasteiger partial charge in [0.1, 0.15) is 0 Å². The Bertz CT molecular complexity index is 255. The Morgan fingerprint density at radius 3 is 0.808 bits per heavy atom. The molecular weight excluding hydrogens is 350 g/mol. The maximum Gasteiger partial charge on any atom is 0.0591 e. The smallest absolute Gasteiger partial charge is 0.0591 e. The molecule has 0 aromatic carbocycles. The van der Waals surface area contributed by atoms with Gasteiger partial charge in [-0.2, -0.15) is 0 Å². The van der Waals surface area contributed by atoms with E-state index in [0.717, 1.165) is 0 Å².